The van der Waals surface area contributed by atoms with E-state index in [2.05, 4.69) is 22.5 Å². The molecule has 11 heteroatoms. The zero-order valence-corrected chi connectivity index (χ0v) is 25.0. The van der Waals surface area contributed by atoms with Gasteiger partial charge in [-0.25, -0.2) is 13.8 Å². The van der Waals surface area contributed by atoms with Crippen LogP contribution >= 0.6 is 0 Å². The van der Waals surface area contributed by atoms with Crippen molar-refractivity contribution in [3.63, 3.8) is 0 Å². The van der Waals surface area contributed by atoms with Gasteiger partial charge in [0.2, 0.25) is 5.91 Å². The van der Waals surface area contributed by atoms with E-state index in [0.29, 0.717) is 26.1 Å². The Balaban J connectivity index is 1.33. The molecule has 0 saturated carbocycles. The molecule has 0 radical (unpaired) electrons. The first kappa shape index (κ1) is 30.4. The lowest BCUT2D eigenvalue weighted by Gasteiger charge is -2.46. The molecule has 0 aromatic heterocycles. The highest BCUT2D eigenvalue weighted by Crippen LogP contribution is 2.44. The minimum Gasteiger partial charge on any atom is -0.441 e. The van der Waals surface area contributed by atoms with Gasteiger partial charge in [0.05, 0.1) is 18.8 Å². The zero-order valence-electron chi connectivity index (χ0n) is 25.0. The van der Waals surface area contributed by atoms with Crippen molar-refractivity contribution in [3.8, 4) is 0 Å². The summed E-state index contributed by atoms with van der Waals surface area (Å²) in [4.78, 5) is 30.3. The van der Waals surface area contributed by atoms with Crippen LogP contribution in [-0.4, -0.2) is 109 Å². The second-order valence-corrected chi connectivity index (χ2v) is 13.3. The molecule has 1 spiro atoms. The maximum atomic E-state index is 14.9. The molecule has 41 heavy (non-hydrogen) atoms. The molecule has 2 bridgehead atoms. The number of ether oxygens (including phenoxy) is 1. The summed E-state index contributed by atoms with van der Waals surface area (Å²) in [5, 5.41) is 6.82. The number of nitrogens with two attached hydrogens (primary N) is 2. The van der Waals surface area contributed by atoms with E-state index >= 15 is 0 Å². The van der Waals surface area contributed by atoms with Crippen LogP contribution in [0.15, 0.2) is 11.9 Å². The van der Waals surface area contributed by atoms with Crippen molar-refractivity contribution >= 4 is 18.2 Å². The van der Waals surface area contributed by atoms with Gasteiger partial charge in [0.15, 0.2) is 18.1 Å². The number of amides is 2. The number of hydrogen-bond donors (Lipinski definition) is 4. The summed E-state index contributed by atoms with van der Waals surface area (Å²) in [6, 6.07) is -0.197. The molecule has 0 aliphatic carbocycles. The summed E-state index contributed by atoms with van der Waals surface area (Å²) in [5.74, 6) is -1.04. The normalized spacial score (nSPS) is 33.4. The molecule has 10 nitrogen and oxygen atoms in total. The number of halogens is 1. The van der Waals surface area contributed by atoms with Crippen LogP contribution in [0, 0.1) is 11.3 Å². The number of rotatable bonds is 7. The first-order valence-electron chi connectivity index (χ1n) is 15.8. The molecule has 5 atom stereocenters. The fourth-order valence-electron chi connectivity index (χ4n) is 8.43. The Labute approximate surface area is 244 Å². The first-order valence-corrected chi connectivity index (χ1v) is 15.8. The first-order chi connectivity index (χ1) is 19.6. The molecule has 5 aliphatic rings. The number of nitrogens with one attached hydrogen (secondary N) is 2. The topological polar surface area (TPSA) is 129 Å². The molecule has 5 heterocycles. The monoisotopic (exact) mass is 576 g/mol. The number of allylic oxidation sites excluding steroid dienone is 2. The van der Waals surface area contributed by atoms with Crippen molar-refractivity contribution in [3.05, 3.63) is 11.9 Å². The Morgan fingerprint density at radius 1 is 1.29 bits per heavy atom. The predicted octanol–water partition coefficient (Wildman–Crippen LogP) is 1.68. The van der Waals surface area contributed by atoms with E-state index in [-0.39, 0.29) is 41.4 Å². The molecule has 4 saturated heterocycles. The molecule has 4 fully saturated rings. The molecule has 5 unspecified atom stereocenters. The average molecular weight is 577 g/mol. The van der Waals surface area contributed by atoms with Crippen LogP contribution in [0.3, 0.4) is 0 Å². The Bertz CT molecular complexity index is 1030. The Morgan fingerprint density at radius 2 is 2.07 bits per heavy atom. The van der Waals surface area contributed by atoms with Crippen LogP contribution in [-0.2, 0) is 9.53 Å². The van der Waals surface area contributed by atoms with E-state index in [1.807, 2.05) is 4.58 Å². The van der Waals surface area contributed by atoms with Crippen molar-refractivity contribution in [2.75, 3.05) is 46.3 Å². The number of fused-ring (bicyclic) bond motifs is 3. The fourth-order valence-corrected chi connectivity index (χ4v) is 8.43. The van der Waals surface area contributed by atoms with E-state index in [1.54, 1.807) is 24.2 Å². The molecule has 2 amide bonds. The summed E-state index contributed by atoms with van der Waals surface area (Å²) < 4.78 is 22.7. The molecule has 0 aromatic rings. The van der Waals surface area contributed by atoms with Gasteiger partial charge in [0.25, 0.3) is 0 Å². The number of hydrogen-bond acceptors (Lipinski definition) is 7. The number of likely N-dealkylation sites (N-methyl/N-ethyl adjacent to an activating group) is 1. The van der Waals surface area contributed by atoms with Crippen LogP contribution < -0.4 is 22.1 Å². The number of piperidine rings is 2. The highest BCUT2D eigenvalue weighted by atomic mass is 19.1. The highest BCUT2D eigenvalue weighted by molar-refractivity contribution is 5.80. The lowest BCUT2D eigenvalue weighted by molar-refractivity contribution is -0.568. The van der Waals surface area contributed by atoms with Crippen LogP contribution in [0.25, 0.3) is 0 Å². The van der Waals surface area contributed by atoms with E-state index in [0.717, 1.165) is 77.4 Å². The van der Waals surface area contributed by atoms with Crippen LogP contribution in [0.1, 0.15) is 71.1 Å². The second-order valence-electron chi connectivity index (χ2n) is 13.3. The van der Waals surface area contributed by atoms with Gasteiger partial charge in [0, 0.05) is 58.4 Å². The number of likely N-dealkylation sites (tertiary alicyclic amines) is 1. The molecule has 5 aliphatic heterocycles. The van der Waals surface area contributed by atoms with Gasteiger partial charge in [0.1, 0.15) is 18.1 Å². The van der Waals surface area contributed by atoms with Gasteiger partial charge in [-0.15, -0.1) is 0 Å². The lowest BCUT2D eigenvalue weighted by Crippen LogP contribution is -2.64. The predicted molar refractivity (Wildman–Crippen MR) is 156 cm³/mol. The number of carbonyl (C=O) groups excluding carboxylic acids is 2. The van der Waals surface area contributed by atoms with Gasteiger partial charge in [-0.2, -0.15) is 0 Å². The van der Waals surface area contributed by atoms with Gasteiger partial charge >= 0.3 is 6.09 Å². The van der Waals surface area contributed by atoms with Gasteiger partial charge in [-0.05, 0) is 50.1 Å². The average Bonchev–Trinajstić information content (AvgIpc) is 3.12. The van der Waals surface area contributed by atoms with Crippen molar-refractivity contribution < 1.29 is 23.3 Å². The van der Waals surface area contributed by atoms with Crippen molar-refractivity contribution in [1.82, 2.24) is 20.4 Å². The third kappa shape index (κ3) is 6.63. The third-order valence-electron chi connectivity index (χ3n) is 10.5. The molecular formula is C30H51FN7O3+. The summed E-state index contributed by atoms with van der Waals surface area (Å²) in [5.41, 5.74) is 12.4. The summed E-state index contributed by atoms with van der Waals surface area (Å²) in [6.07, 6.45) is 11.2. The lowest BCUT2D eigenvalue weighted by atomic mass is 9.70. The standard InChI is InChI=1S/C30H50FN7O3/c1-3-8-29-9-4-6-21(31)19-38(14-5-10-29)24(17-29)25(26(32)33)27(39)35-22-18-34-13-7-23(22)37-15-11-30(12-16-37)20-36(2)28(40)41-30/h6,19,22-26,34H,3-5,7-18,20,32-33H2,1-2H3/p+1. The fraction of sp³-hybridized carbons (Fsp3) is 0.833. The summed E-state index contributed by atoms with van der Waals surface area (Å²) in [6.45, 7) is 6.70. The second kappa shape index (κ2) is 12.7. The molecular weight excluding hydrogens is 525 g/mol. The minimum atomic E-state index is -0.861. The van der Waals surface area contributed by atoms with E-state index in [9.17, 15) is 14.0 Å². The Kier molecular flexibility index (Phi) is 9.37. The molecule has 6 N–H and O–H groups in total. The van der Waals surface area contributed by atoms with Gasteiger partial charge < -0.3 is 31.7 Å². The Hall–Kier alpha value is -2.08. The van der Waals surface area contributed by atoms with Crippen molar-refractivity contribution in [2.24, 2.45) is 22.8 Å². The van der Waals surface area contributed by atoms with Gasteiger partial charge in [-0.3, -0.25) is 9.69 Å². The Morgan fingerprint density at radius 3 is 2.76 bits per heavy atom. The van der Waals surface area contributed by atoms with Crippen molar-refractivity contribution in [1.29, 1.82) is 0 Å². The summed E-state index contributed by atoms with van der Waals surface area (Å²) >= 11 is 0. The minimum absolute atomic E-state index is 0.0486. The van der Waals surface area contributed by atoms with Gasteiger partial charge in [-0.1, -0.05) is 13.3 Å². The molecule has 0 aromatic carbocycles. The van der Waals surface area contributed by atoms with E-state index < -0.39 is 17.7 Å². The third-order valence-corrected chi connectivity index (χ3v) is 10.5. The largest absolute Gasteiger partial charge is 0.441 e. The van der Waals surface area contributed by atoms with Crippen LogP contribution in [0.5, 0.6) is 0 Å². The maximum Gasteiger partial charge on any atom is 0.410 e. The van der Waals surface area contributed by atoms with Crippen LogP contribution in [0.2, 0.25) is 0 Å². The zero-order chi connectivity index (χ0) is 29.2. The van der Waals surface area contributed by atoms with Crippen molar-refractivity contribution in [2.45, 2.75) is 101 Å². The van der Waals surface area contributed by atoms with Crippen LogP contribution in [0.4, 0.5) is 9.18 Å². The summed E-state index contributed by atoms with van der Waals surface area (Å²) in [7, 11) is 1.79. The SMILES string of the molecule is CCCC12CCC=C(F)C=[N+](CCC1)C(C(C(=O)NC1CNCCC1N1CCC3(CC1)CN(C)C(=O)O3)C(N)N)C2. The van der Waals surface area contributed by atoms with E-state index in [1.165, 1.54) is 0 Å². The number of carbonyl (C=O) groups is 2. The number of nitrogens with zero attached hydrogens (tertiary/aromatic N) is 3. The smallest absolute Gasteiger partial charge is 0.410 e. The molecule has 230 valence electrons. The highest BCUT2D eigenvalue weighted by Gasteiger charge is 2.49. The maximum absolute atomic E-state index is 14.9. The van der Waals surface area contributed by atoms with E-state index in [4.69, 9.17) is 16.2 Å². The quantitative estimate of drug-likeness (QED) is 0.268. The molecule has 5 rings (SSSR count).